The van der Waals surface area contributed by atoms with Gasteiger partial charge in [-0.3, -0.25) is 9.52 Å². The van der Waals surface area contributed by atoms with Gasteiger partial charge in [0.05, 0.1) is 30.7 Å². The van der Waals surface area contributed by atoms with E-state index in [0.717, 1.165) is 5.56 Å². The van der Waals surface area contributed by atoms with Crippen molar-refractivity contribution in [2.75, 3.05) is 11.3 Å². The smallest absolute Gasteiger partial charge is 0.407 e. The van der Waals surface area contributed by atoms with Gasteiger partial charge in [-0.25, -0.2) is 17.9 Å². The van der Waals surface area contributed by atoms with Gasteiger partial charge < -0.3 is 15.0 Å². The van der Waals surface area contributed by atoms with Crippen LogP contribution in [0.1, 0.15) is 21.6 Å². The minimum Gasteiger partial charge on any atom is -0.442 e. The SMILES string of the molecule is O=C1NCC(Cn2cc(CN(Cc3ccccc3)C(=O)c3ccc(S(=O)(=O)Nc4ccccc4)cc3)nn2)O1. The van der Waals surface area contributed by atoms with Gasteiger partial charge in [-0.1, -0.05) is 53.7 Å². The highest BCUT2D eigenvalue weighted by atomic mass is 32.2. The number of rotatable bonds is 10. The molecule has 200 valence electrons. The summed E-state index contributed by atoms with van der Waals surface area (Å²) >= 11 is 0. The van der Waals surface area contributed by atoms with Crippen molar-refractivity contribution in [2.24, 2.45) is 0 Å². The van der Waals surface area contributed by atoms with Gasteiger partial charge in [0.1, 0.15) is 11.8 Å². The summed E-state index contributed by atoms with van der Waals surface area (Å²) in [6.07, 6.45) is 0.900. The van der Waals surface area contributed by atoms with Crippen LogP contribution in [0.3, 0.4) is 0 Å². The second-order valence-electron chi connectivity index (χ2n) is 8.98. The Morgan fingerprint density at radius 3 is 2.36 bits per heavy atom. The molecule has 1 unspecified atom stereocenters. The quantitative estimate of drug-likeness (QED) is 0.312. The molecule has 1 atom stereocenters. The first-order valence-corrected chi connectivity index (χ1v) is 13.7. The zero-order valence-electron chi connectivity index (χ0n) is 20.8. The largest absolute Gasteiger partial charge is 0.442 e. The number of para-hydroxylation sites is 1. The fourth-order valence-electron chi connectivity index (χ4n) is 4.12. The van der Waals surface area contributed by atoms with Crippen LogP contribution in [-0.4, -0.2) is 53.0 Å². The molecular formula is C27H26N6O5S. The maximum atomic E-state index is 13.6. The monoisotopic (exact) mass is 546 g/mol. The molecule has 1 aliphatic rings. The van der Waals surface area contributed by atoms with Crippen LogP contribution < -0.4 is 10.0 Å². The molecule has 1 saturated heterocycles. The summed E-state index contributed by atoms with van der Waals surface area (Å²) in [4.78, 5) is 26.5. The van der Waals surface area contributed by atoms with Gasteiger partial charge in [0.2, 0.25) is 0 Å². The number of carbonyl (C=O) groups is 2. The van der Waals surface area contributed by atoms with E-state index in [1.165, 1.54) is 24.3 Å². The molecule has 1 fully saturated rings. The number of hydrogen-bond acceptors (Lipinski definition) is 7. The topological polar surface area (TPSA) is 136 Å². The maximum absolute atomic E-state index is 13.6. The molecule has 1 aromatic heterocycles. The number of cyclic esters (lactones) is 1. The second-order valence-corrected chi connectivity index (χ2v) is 10.7. The van der Waals surface area contributed by atoms with E-state index in [2.05, 4.69) is 20.4 Å². The fourth-order valence-corrected chi connectivity index (χ4v) is 5.18. The van der Waals surface area contributed by atoms with Crippen LogP contribution in [0.25, 0.3) is 0 Å². The zero-order valence-corrected chi connectivity index (χ0v) is 21.6. The van der Waals surface area contributed by atoms with Crippen molar-refractivity contribution in [3.63, 3.8) is 0 Å². The standard InChI is InChI=1S/C27H26N6O5S/c34-26(21-11-13-25(14-12-21)39(36,37)30-22-9-5-2-6-10-22)32(16-20-7-3-1-4-8-20)17-23-18-33(31-29-23)19-24-15-28-27(35)38-24/h1-14,18,24,30H,15-17,19H2,(H,28,35). The Morgan fingerprint density at radius 1 is 1.00 bits per heavy atom. The van der Waals surface area contributed by atoms with Gasteiger partial charge in [0, 0.05) is 17.8 Å². The number of alkyl carbamates (subject to hydrolysis) is 1. The minimum absolute atomic E-state index is 0.0440. The lowest BCUT2D eigenvalue weighted by molar-refractivity contribution is 0.0727. The van der Waals surface area contributed by atoms with Gasteiger partial charge in [-0.2, -0.15) is 0 Å². The lowest BCUT2D eigenvalue weighted by Crippen LogP contribution is -2.30. The van der Waals surface area contributed by atoms with Crippen molar-refractivity contribution in [3.05, 3.63) is 108 Å². The predicted octanol–water partition coefficient (Wildman–Crippen LogP) is 3.03. The number of anilines is 1. The lowest BCUT2D eigenvalue weighted by Gasteiger charge is -2.22. The molecule has 1 aliphatic heterocycles. The Morgan fingerprint density at radius 2 is 1.69 bits per heavy atom. The number of ether oxygens (including phenoxy) is 1. The highest BCUT2D eigenvalue weighted by molar-refractivity contribution is 7.92. The van der Waals surface area contributed by atoms with Crippen LogP contribution in [-0.2, 0) is 34.4 Å². The lowest BCUT2D eigenvalue weighted by atomic mass is 10.1. The molecule has 4 aromatic rings. The number of nitrogens with zero attached hydrogens (tertiary/aromatic N) is 4. The van der Waals surface area contributed by atoms with Gasteiger partial charge in [0.15, 0.2) is 0 Å². The predicted molar refractivity (Wildman–Crippen MR) is 142 cm³/mol. The van der Waals surface area contributed by atoms with Crippen molar-refractivity contribution in [3.8, 4) is 0 Å². The van der Waals surface area contributed by atoms with Crippen LogP contribution in [0.4, 0.5) is 10.5 Å². The highest BCUT2D eigenvalue weighted by Crippen LogP contribution is 2.19. The number of hydrogen-bond donors (Lipinski definition) is 2. The molecule has 5 rings (SSSR count). The maximum Gasteiger partial charge on any atom is 0.407 e. The second kappa shape index (κ2) is 11.4. The number of carbonyl (C=O) groups excluding carboxylic acids is 2. The van der Waals surface area contributed by atoms with E-state index in [1.807, 2.05) is 30.3 Å². The highest BCUT2D eigenvalue weighted by Gasteiger charge is 2.24. The number of nitrogens with one attached hydrogen (secondary N) is 2. The van der Waals surface area contributed by atoms with Crippen molar-refractivity contribution < 1.29 is 22.7 Å². The van der Waals surface area contributed by atoms with E-state index < -0.39 is 16.1 Å². The average Bonchev–Trinajstić information content (AvgIpc) is 3.57. The van der Waals surface area contributed by atoms with Gasteiger partial charge in [-0.05, 0) is 42.0 Å². The molecule has 0 bridgehead atoms. The normalized spacial score (nSPS) is 14.9. The Hall–Kier alpha value is -4.71. The molecular weight excluding hydrogens is 520 g/mol. The van der Waals surface area contributed by atoms with Crippen LogP contribution >= 0.6 is 0 Å². The van der Waals surface area contributed by atoms with E-state index in [0.29, 0.717) is 36.6 Å². The molecule has 0 spiro atoms. The molecule has 11 nitrogen and oxygen atoms in total. The third kappa shape index (κ3) is 6.60. The molecule has 2 N–H and O–H groups in total. The van der Waals surface area contributed by atoms with Crippen molar-refractivity contribution in [2.45, 2.75) is 30.6 Å². The van der Waals surface area contributed by atoms with Gasteiger partial charge in [0.25, 0.3) is 15.9 Å². The average molecular weight is 547 g/mol. The van der Waals surface area contributed by atoms with E-state index in [9.17, 15) is 18.0 Å². The summed E-state index contributed by atoms with van der Waals surface area (Å²) in [5, 5.41) is 10.9. The van der Waals surface area contributed by atoms with E-state index in [4.69, 9.17) is 4.74 Å². The van der Waals surface area contributed by atoms with Gasteiger partial charge in [-0.15, -0.1) is 5.10 Å². The van der Waals surface area contributed by atoms with Crippen molar-refractivity contribution in [1.29, 1.82) is 0 Å². The molecule has 39 heavy (non-hydrogen) atoms. The molecule has 0 radical (unpaired) electrons. The first kappa shape index (κ1) is 25.9. The Balaban J connectivity index is 1.32. The third-order valence-corrected chi connectivity index (χ3v) is 7.42. The Kier molecular flexibility index (Phi) is 7.55. The summed E-state index contributed by atoms with van der Waals surface area (Å²) in [5.41, 5.74) is 2.26. The summed E-state index contributed by atoms with van der Waals surface area (Å²) < 4.78 is 34.8. The Bertz CT molecular complexity index is 1540. The van der Waals surface area contributed by atoms with Crippen LogP contribution in [0.15, 0.2) is 96.0 Å². The first-order valence-electron chi connectivity index (χ1n) is 12.2. The Labute approximate surface area is 225 Å². The number of aromatic nitrogens is 3. The molecule has 0 aliphatic carbocycles. The number of benzene rings is 3. The summed E-state index contributed by atoms with van der Waals surface area (Å²) in [5.74, 6) is -0.290. The minimum atomic E-state index is -3.82. The summed E-state index contributed by atoms with van der Waals surface area (Å²) in [6.45, 7) is 1.21. The molecule has 2 heterocycles. The van der Waals surface area contributed by atoms with Gasteiger partial charge >= 0.3 is 6.09 Å². The molecule has 2 amide bonds. The summed E-state index contributed by atoms with van der Waals surface area (Å²) in [7, 11) is -3.82. The van der Waals surface area contributed by atoms with Crippen molar-refractivity contribution >= 4 is 27.7 Å². The molecule has 12 heteroatoms. The van der Waals surface area contributed by atoms with Crippen molar-refractivity contribution in [1.82, 2.24) is 25.2 Å². The summed E-state index contributed by atoms with van der Waals surface area (Å²) in [6, 6.07) is 23.9. The molecule has 0 saturated carbocycles. The van der Waals surface area contributed by atoms with Crippen LogP contribution in [0, 0.1) is 0 Å². The van der Waals surface area contributed by atoms with E-state index in [1.54, 1.807) is 46.1 Å². The van der Waals surface area contributed by atoms with Crippen LogP contribution in [0.2, 0.25) is 0 Å². The number of amides is 2. The zero-order chi connectivity index (χ0) is 27.2. The molecule has 3 aromatic carbocycles. The van der Waals surface area contributed by atoms with E-state index in [-0.39, 0.29) is 23.5 Å². The third-order valence-electron chi connectivity index (χ3n) is 6.02. The first-order chi connectivity index (χ1) is 18.9. The van der Waals surface area contributed by atoms with Crippen LogP contribution in [0.5, 0.6) is 0 Å². The number of sulfonamides is 1. The fraction of sp³-hybridized carbons (Fsp3) is 0.185. The van der Waals surface area contributed by atoms with E-state index >= 15 is 0 Å².